The Labute approximate surface area is 84.0 Å². The van der Waals surface area contributed by atoms with Crippen LogP contribution in [0.3, 0.4) is 0 Å². The summed E-state index contributed by atoms with van der Waals surface area (Å²) in [5.41, 5.74) is 5.58. The first-order chi connectivity index (χ1) is 5.77. The highest BCUT2D eigenvalue weighted by Crippen LogP contribution is 2.18. The fourth-order valence-electron chi connectivity index (χ4n) is 1.57. The molecule has 1 heterocycles. The molecule has 1 amide bonds. The van der Waals surface area contributed by atoms with E-state index in [0.717, 1.165) is 25.8 Å². The Hall–Kier alpha value is -0.320. The van der Waals surface area contributed by atoms with E-state index in [1.807, 2.05) is 0 Å². The van der Waals surface area contributed by atoms with Gasteiger partial charge in [-0.15, -0.1) is 12.4 Å². The van der Waals surface area contributed by atoms with Gasteiger partial charge in [0.2, 0.25) is 5.91 Å². The highest BCUT2D eigenvalue weighted by Gasteiger charge is 2.36. The van der Waals surface area contributed by atoms with Gasteiger partial charge in [-0.25, -0.2) is 0 Å². The number of amides is 1. The first-order valence-electron chi connectivity index (χ1n) is 4.57. The van der Waals surface area contributed by atoms with Crippen LogP contribution < -0.4 is 16.4 Å². The molecule has 0 aromatic carbocycles. The van der Waals surface area contributed by atoms with E-state index >= 15 is 0 Å². The van der Waals surface area contributed by atoms with Crippen LogP contribution in [0.1, 0.15) is 19.3 Å². The van der Waals surface area contributed by atoms with Crippen LogP contribution in [0, 0.1) is 0 Å². The lowest BCUT2D eigenvalue weighted by Gasteiger charge is -2.09. The number of rotatable bonds is 2. The second-order valence-corrected chi connectivity index (χ2v) is 3.66. The number of hydrogen-bond donors (Lipinski definition) is 3. The average molecular weight is 206 g/mol. The lowest BCUT2D eigenvalue weighted by molar-refractivity contribution is -0.122. The zero-order chi connectivity index (χ0) is 8.55. The van der Waals surface area contributed by atoms with Gasteiger partial charge in [-0.1, -0.05) is 0 Å². The highest BCUT2D eigenvalue weighted by atomic mass is 35.5. The van der Waals surface area contributed by atoms with Crippen molar-refractivity contribution >= 4 is 18.3 Å². The Morgan fingerprint density at radius 1 is 1.54 bits per heavy atom. The Bertz CT molecular complexity index is 194. The van der Waals surface area contributed by atoms with Gasteiger partial charge in [0.15, 0.2) is 0 Å². The van der Waals surface area contributed by atoms with Crippen molar-refractivity contribution in [2.45, 2.75) is 37.4 Å². The van der Waals surface area contributed by atoms with Gasteiger partial charge in [-0.2, -0.15) is 0 Å². The molecule has 0 aromatic rings. The van der Waals surface area contributed by atoms with Crippen LogP contribution in [0.2, 0.25) is 0 Å². The SMILES string of the molecule is Cl.NC1CC1NC(=O)[C@H]1CCCN1. The van der Waals surface area contributed by atoms with Crippen LogP contribution in [-0.2, 0) is 4.79 Å². The van der Waals surface area contributed by atoms with Gasteiger partial charge >= 0.3 is 0 Å². The normalized spacial score (nSPS) is 36.5. The van der Waals surface area contributed by atoms with Crippen LogP contribution in [0.15, 0.2) is 0 Å². The van der Waals surface area contributed by atoms with Crippen molar-refractivity contribution in [1.82, 2.24) is 10.6 Å². The van der Waals surface area contributed by atoms with E-state index in [1.54, 1.807) is 0 Å². The van der Waals surface area contributed by atoms with E-state index in [4.69, 9.17) is 5.73 Å². The second kappa shape index (κ2) is 4.26. The highest BCUT2D eigenvalue weighted by molar-refractivity contribution is 5.85. The zero-order valence-electron chi connectivity index (χ0n) is 7.45. The minimum atomic E-state index is 0. The first-order valence-corrected chi connectivity index (χ1v) is 4.57. The molecule has 1 saturated heterocycles. The lowest BCUT2D eigenvalue weighted by Crippen LogP contribution is -2.42. The summed E-state index contributed by atoms with van der Waals surface area (Å²) in [6.07, 6.45) is 3.01. The molecule has 3 atom stereocenters. The summed E-state index contributed by atoms with van der Waals surface area (Å²) >= 11 is 0. The van der Waals surface area contributed by atoms with E-state index in [0.29, 0.717) is 0 Å². The lowest BCUT2D eigenvalue weighted by atomic mass is 10.2. The van der Waals surface area contributed by atoms with Gasteiger partial charge in [0.05, 0.1) is 6.04 Å². The molecule has 2 unspecified atom stereocenters. The third-order valence-electron chi connectivity index (χ3n) is 2.54. The predicted molar refractivity (Wildman–Crippen MR) is 52.8 cm³/mol. The van der Waals surface area contributed by atoms with E-state index in [1.165, 1.54) is 0 Å². The Kier molecular flexibility index (Phi) is 3.53. The quantitative estimate of drug-likeness (QED) is 0.563. The fourth-order valence-corrected chi connectivity index (χ4v) is 1.57. The average Bonchev–Trinajstić information content (AvgIpc) is 2.58. The van der Waals surface area contributed by atoms with E-state index < -0.39 is 0 Å². The number of hydrogen-bond acceptors (Lipinski definition) is 3. The number of halogens is 1. The zero-order valence-corrected chi connectivity index (χ0v) is 8.27. The second-order valence-electron chi connectivity index (χ2n) is 3.66. The van der Waals surface area contributed by atoms with E-state index in [9.17, 15) is 4.79 Å². The maximum atomic E-state index is 11.4. The molecule has 1 aliphatic heterocycles. The summed E-state index contributed by atoms with van der Waals surface area (Å²) in [5, 5.41) is 6.07. The third kappa shape index (κ3) is 2.56. The van der Waals surface area contributed by atoms with Gasteiger partial charge in [-0.3, -0.25) is 4.79 Å². The molecule has 13 heavy (non-hydrogen) atoms. The number of nitrogens with one attached hydrogen (secondary N) is 2. The van der Waals surface area contributed by atoms with Crippen molar-refractivity contribution in [3.63, 3.8) is 0 Å². The maximum absolute atomic E-state index is 11.4. The molecule has 1 aliphatic carbocycles. The van der Waals surface area contributed by atoms with Crippen LogP contribution >= 0.6 is 12.4 Å². The molecule has 4 nitrogen and oxygen atoms in total. The van der Waals surface area contributed by atoms with Crippen LogP contribution in [0.4, 0.5) is 0 Å². The number of carbonyl (C=O) groups excluding carboxylic acids is 1. The summed E-state index contributed by atoms with van der Waals surface area (Å²) in [7, 11) is 0. The van der Waals surface area contributed by atoms with Crippen LogP contribution in [0.25, 0.3) is 0 Å². The molecule has 0 aromatic heterocycles. The molecule has 0 spiro atoms. The van der Waals surface area contributed by atoms with Crippen molar-refractivity contribution < 1.29 is 4.79 Å². The topological polar surface area (TPSA) is 67.1 Å². The molecule has 5 heteroatoms. The molecule has 76 valence electrons. The van der Waals surface area contributed by atoms with Crippen molar-refractivity contribution in [1.29, 1.82) is 0 Å². The summed E-state index contributed by atoms with van der Waals surface area (Å²) in [5.74, 6) is 0.130. The smallest absolute Gasteiger partial charge is 0.237 e. The third-order valence-corrected chi connectivity index (χ3v) is 2.54. The standard InChI is InChI=1S/C8H15N3O.ClH/c9-5-4-7(5)11-8(12)6-2-1-3-10-6;/h5-7,10H,1-4,9H2,(H,11,12);1H/t5?,6-,7?;/m1./s1. The Morgan fingerprint density at radius 2 is 2.23 bits per heavy atom. The predicted octanol–water partition coefficient (Wildman–Crippen LogP) is -0.624. The maximum Gasteiger partial charge on any atom is 0.237 e. The monoisotopic (exact) mass is 205 g/mol. The molecule has 0 radical (unpaired) electrons. The molecule has 2 rings (SSSR count). The molecular formula is C8H16ClN3O. The number of nitrogens with two attached hydrogens (primary N) is 1. The van der Waals surface area contributed by atoms with Crippen LogP contribution in [-0.4, -0.2) is 30.6 Å². The van der Waals surface area contributed by atoms with Crippen molar-refractivity contribution in [3.8, 4) is 0 Å². The van der Waals surface area contributed by atoms with Gasteiger partial charge < -0.3 is 16.4 Å². The minimum absolute atomic E-state index is 0. The van der Waals surface area contributed by atoms with Crippen molar-refractivity contribution in [3.05, 3.63) is 0 Å². The van der Waals surface area contributed by atoms with Gasteiger partial charge in [0.1, 0.15) is 0 Å². The van der Waals surface area contributed by atoms with E-state index in [2.05, 4.69) is 10.6 Å². The van der Waals surface area contributed by atoms with Gasteiger partial charge in [-0.05, 0) is 25.8 Å². The molecule has 0 bridgehead atoms. The summed E-state index contributed by atoms with van der Waals surface area (Å²) in [6.45, 7) is 0.967. The van der Waals surface area contributed by atoms with Crippen LogP contribution in [0.5, 0.6) is 0 Å². The van der Waals surface area contributed by atoms with Gasteiger partial charge in [0, 0.05) is 12.1 Å². The number of carbonyl (C=O) groups is 1. The first kappa shape index (κ1) is 10.8. The molecule has 2 aliphatic rings. The molecule has 4 N–H and O–H groups in total. The summed E-state index contributed by atoms with van der Waals surface area (Å²) in [4.78, 5) is 11.4. The van der Waals surface area contributed by atoms with Gasteiger partial charge in [0.25, 0.3) is 0 Å². The molecule has 2 fully saturated rings. The Balaban J connectivity index is 0.000000845. The van der Waals surface area contributed by atoms with Crippen molar-refractivity contribution in [2.24, 2.45) is 5.73 Å². The fraction of sp³-hybridized carbons (Fsp3) is 0.875. The molecular weight excluding hydrogens is 190 g/mol. The van der Waals surface area contributed by atoms with E-state index in [-0.39, 0.29) is 36.4 Å². The Morgan fingerprint density at radius 3 is 2.69 bits per heavy atom. The summed E-state index contributed by atoms with van der Waals surface area (Å²) in [6, 6.07) is 0.494. The summed E-state index contributed by atoms with van der Waals surface area (Å²) < 4.78 is 0. The largest absolute Gasteiger partial charge is 0.350 e. The molecule has 1 saturated carbocycles. The minimum Gasteiger partial charge on any atom is -0.350 e. The van der Waals surface area contributed by atoms with Crippen molar-refractivity contribution in [2.75, 3.05) is 6.54 Å².